The molecule has 0 aliphatic carbocycles. The normalized spacial score (nSPS) is 14.3. The van der Waals surface area contributed by atoms with Crippen LogP contribution in [0.2, 0.25) is 0 Å². The fraction of sp³-hybridized carbons (Fsp3) is 0.636. The van der Waals surface area contributed by atoms with E-state index >= 15 is 0 Å². The summed E-state index contributed by atoms with van der Waals surface area (Å²) in [6, 6.07) is 0. The Hall–Kier alpha value is -1.72. The Morgan fingerprint density at radius 1 is 0.926 bits per heavy atom. The first-order valence-electron chi connectivity index (χ1n) is 10.1. The average Bonchev–Trinajstić information content (AvgIpc) is 2.64. The van der Waals surface area contributed by atoms with Crippen LogP contribution in [0, 0.1) is 0 Å². The lowest BCUT2D eigenvalue weighted by Crippen LogP contribution is -2.23. The highest BCUT2D eigenvalue weighted by molar-refractivity contribution is 5.90. The van der Waals surface area contributed by atoms with Crippen LogP contribution in [-0.2, 0) is 9.59 Å². The van der Waals surface area contributed by atoms with E-state index in [9.17, 15) is 19.8 Å². The average molecular weight is 381 g/mol. The molecule has 0 amide bonds. The van der Waals surface area contributed by atoms with Gasteiger partial charge in [0.1, 0.15) is 0 Å². The molecule has 0 aromatic rings. The van der Waals surface area contributed by atoms with Crippen LogP contribution >= 0.6 is 0 Å². The van der Waals surface area contributed by atoms with E-state index in [2.05, 4.69) is 19.1 Å². The number of hydrogen-bond donors (Lipinski definition) is 3. The van der Waals surface area contributed by atoms with Crippen molar-refractivity contribution in [3.63, 3.8) is 0 Å². The van der Waals surface area contributed by atoms with Gasteiger partial charge in [0.15, 0.2) is 5.78 Å². The molecule has 5 heteroatoms. The zero-order valence-corrected chi connectivity index (χ0v) is 16.6. The highest BCUT2D eigenvalue weighted by Crippen LogP contribution is 2.09. The van der Waals surface area contributed by atoms with Gasteiger partial charge in [-0.05, 0) is 38.2 Å². The van der Waals surface area contributed by atoms with Crippen LogP contribution in [0.15, 0.2) is 36.5 Å². The number of hydrogen-bond acceptors (Lipinski definition) is 4. The van der Waals surface area contributed by atoms with Crippen molar-refractivity contribution in [3.8, 4) is 0 Å². The molecule has 0 radical (unpaired) electrons. The van der Waals surface area contributed by atoms with Crippen molar-refractivity contribution in [1.82, 2.24) is 0 Å². The number of carbonyl (C=O) groups excluding carboxylic acids is 1. The topological polar surface area (TPSA) is 94.8 Å². The first-order valence-corrected chi connectivity index (χ1v) is 10.1. The summed E-state index contributed by atoms with van der Waals surface area (Å²) >= 11 is 0. The number of carbonyl (C=O) groups is 2. The van der Waals surface area contributed by atoms with Crippen LogP contribution in [0.4, 0.5) is 0 Å². The molecular weight excluding hydrogens is 344 g/mol. The van der Waals surface area contributed by atoms with Gasteiger partial charge in [-0.3, -0.25) is 9.59 Å². The van der Waals surface area contributed by atoms with Gasteiger partial charge in [0.2, 0.25) is 0 Å². The largest absolute Gasteiger partial charge is 0.481 e. The van der Waals surface area contributed by atoms with Gasteiger partial charge in [-0.1, -0.05) is 63.0 Å². The molecule has 2 unspecified atom stereocenters. The predicted molar refractivity (Wildman–Crippen MR) is 109 cm³/mol. The Balaban J connectivity index is 3.86. The molecule has 0 aliphatic heterocycles. The van der Waals surface area contributed by atoms with Crippen LogP contribution in [0.3, 0.4) is 0 Å². The van der Waals surface area contributed by atoms with Crippen molar-refractivity contribution < 1.29 is 24.9 Å². The summed E-state index contributed by atoms with van der Waals surface area (Å²) in [6.45, 7) is 2.18. The summed E-state index contributed by atoms with van der Waals surface area (Å²) in [4.78, 5) is 22.1. The third-order valence-electron chi connectivity index (χ3n) is 4.16. The van der Waals surface area contributed by atoms with E-state index in [1.54, 1.807) is 0 Å². The second-order valence-corrected chi connectivity index (χ2v) is 6.75. The maximum atomic E-state index is 11.7. The first kappa shape index (κ1) is 25.3. The Morgan fingerprint density at radius 3 is 2.37 bits per heavy atom. The van der Waals surface area contributed by atoms with Crippen molar-refractivity contribution in [3.05, 3.63) is 36.5 Å². The van der Waals surface area contributed by atoms with Gasteiger partial charge in [0, 0.05) is 12.8 Å². The van der Waals surface area contributed by atoms with Crippen LogP contribution < -0.4 is 0 Å². The highest BCUT2D eigenvalue weighted by Gasteiger charge is 2.13. The molecule has 0 saturated carbocycles. The van der Waals surface area contributed by atoms with Crippen LogP contribution in [0.5, 0.6) is 0 Å². The zero-order valence-electron chi connectivity index (χ0n) is 16.6. The lowest BCUT2D eigenvalue weighted by molar-refractivity contribution is -0.137. The quantitative estimate of drug-likeness (QED) is 0.198. The molecule has 3 N–H and O–H groups in total. The Labute approximate surface area is 163 Å². The minimum atomic E-state index is -1.08. The molecule has 2 atom stereocenters. The molecule has 0 fully saturated rings. The molecule has 0 heterocycles. The lowest BCUT2D eigenvalue weighted by Gasteiger charge is -2.13. The maximum Gasteiger partial charge on any atom is 0.303 e. The molecular formula is C22H36O5. The summed E-state index contributed by atoms with van der Waals surface area (Å²) in [7, 11) is 0. The Kier molecular flexibility index (Phi) is 16.6. The standard InChI is InChI=1S/C22H36O5/c1-2-3-4-5-6-7-8-9-11-14-19(23)17-18-21(25)20(24)15-12-10-13-16-22(26)27/h6-7,9,11,17-18,20-21,24-25H,2-5,8,10,12-16H2,1H3,(H,26,27)/b7-6-,11-9-,18-17+. The molecule has 5 nitrogen and oxygen atoms in total. The van der Waals surface area contributed by atoms with Crippen molar-refractivity contribution in [2.24, 2.45) is 0 Å². The van der Waals surface area contributed by atoms with Gasteiger partial charge in [0.25, 0.3) is 0 Å². The molecule has 0 aliphatic rings. The number of unbranched alkanes of at least 4 members (excludes halogenated alkanes) is 5. The summed E-state index contributed by atoms with van der Waals surface area (Å²) in [6.07, 6.45) is 16.9. The highest BCUT2D eigenvalue weighted by atomic mass is 16.4. The SMILES string of the molecule is CCCCC/C=C\C/C=C\CC(=O)/C=C/C(O)C(O)CCCCCC(=O)O. The van der Waals surface area contributed by atoms with Gasteiger partial charge < -0.3 is 15.3 Å². The fourth-order valence-corrected chi connectivity index (χ4v) is 2.48. The third-order valence-corrected chi connectivity index (χ3v) is 4.16. The Bertz CT molecular complexity index is 479. The monoisotopic (exact) mass is 380 g/mol. The molecule has 0 spiro atoms. The first-order chi connectivity index (χ1) is 13.0. The molecule has 154 valence electrons. The van der Waals surface area contributed by atoms with E-state index in [1.165, 1.54) is 31.4 Å². The minimum Gasteiger partial charge on any atom is -0.481 e. The molecule has 0 bridgehead atoms. The number of aliphatic hydroxyl groups excluding tert-OH is 2. The van der Waals surface area contributed by atoms with Crippen molar-refractivity contribution in [2.45, 2.75) is 89.8 Å². The van der Waals surface area contributed by atoms with Gasteiger partial charge in [-0.15, -0.1) is 0 Å². The van der Waals surface area contributed by atoms with E-state index in [4.69, 9.17) is 5.11 Å². The van der Waals surface area contributed by atoms with Crippen LogP contribution in [0.25, 0.3) is 0 Å². The fourth-order valence-electron chi connectivity index (χ4n) is 2.48. The zero-order chi connectivity index (χ0) is 20.3. The number of carboxylic acids is 1. The van der Waals surface area contributed by atoms with E-state index in [0.29, 0.717) is 25.7 Å². The second-order valence-electron chi connectivity index (χ2n) is 6.75. The van der Waals surface area contributed by atoms with Crippen LogP contribution in [-0.4, -0.2) is 39.3 Å². The molecule has 0 aromatic carbocycles. The molecule has 0 aromatic heterocycles. The number of rotatable bonds is 17. The van der Waals surface area contributed by atoms with E-state index in [0.717, 1.165) is 12.8 Å². The van der Waals surface area contributed by atoms with E-state index in [-0.39, 0.29) is 18.6 Å². The maximum absolute atomic E-state index is 11.7. The number of carboxylic acid groups (broad SMARTS) is 1. The number of allylic oxidation sites excluding steroid dienone is 5. The summed E-state index contributed by atoms with van der Waals surface area (Å²) < 4.78 is 0. The van der Waals surface area contributed by atoms with Gasteiger partial charge in [0.05, 0.1) is 12.2 Å². The van der Waals surface area contributed by atoms with Crippen molar-refractivity contribution in [1.29, 1.82) is 0 Å². The summed E-state index contributed by atoms with van der Waals surface area (Å²) in [5, 5.41) is 28.2. The van der Waals surface area contributed by atoms with E-state index < -0.39 is 18.2 Å². The van der Waals surface area contributed by atoms with Crippen molar-refractivity contribution in [2.75, 3.05) is 0 Å². The van der Waals surface area contributed by atoms with Crippen LogP contribution in [0.1, 0.15) is 77.6 Å². The molecule has 27 heavy (non-hydrogen) atoms. The van der Waals surface area contributed by atoms with Gasteiger partial charge in [-0.2, -0.15) is 0 Å². The van der Waals surface area contributed by atoms with Gasteiger partial charge >= 0.3 is 5.97 Å². The van der Waals surface area contributed by atoms with Crippen molar-refractivity contribution >= 4 is 11.8 Å². The predicted octanol–water partition coefficient (Wildman–Crippen LogP) is 4.34. The Morgan fingerprint density at radius 2 is 1.67 bits per heavy atom. The number of ketones is 1. The molecule has 0 rings (SSSR count). The van der Waals surface area contributed by atoms with Gasteiger partial charge in [-0.25, -0.2) is 0 Å². The summed E-state index contributed by atoms with van der Waals surface area (Å²) in [5.74, 6) is -0.944. The smallest absolute Gasteiger partial charge is 0.303 e. The number of aliphatic carboxylic acids is 1. The van der Waals surface area contributed by atoms with E-state index in [1.807, 2.05) is 12.2 Å². The lowest BCUT2D eigenvalue weighted by atomic mass is 10.0. The minimum absolute atomic E-state index is 0.120. The second kappa shape index (κ2) is 17.7. The number of aliphatic hydroxyl groups is 2. The third kappa shape index (κ3) is 17.5. The summed E-state index contributed by atoms with van der Waals surface area (Å²) in [5.41, 5.74) is 0. The molecule has 0 saturated heterocycles.